The molecular formula is C20H31N5O. The predicted molar refractivity (Wildman–Crippen MR) is 102 cm³/mol. The lowest BCUT2D eigenvalue weighted by Crippen LogP contribution is -2.47. The summed E-state index contributed by atoms with van der Waals surface area (Å²) in [5, 5.41) is 0. The summed E-state index contributed by atoms with van der Waals surface area (Å²) >= 11 is 0. The minimum atomic E-state index is 0.350. The summed E-state index contributed by atoms with van der Waals surface area (Å²) in [6.07, 6.45) is 5.65. The number of rotatable bonds is 3. The summed E-state index contributed by atoms with van der Waals surface area (Å²) in [6.45, 7) is 10.1. The maximum absolute atomic E-state index is 12.3. The van der Waals surface area contributed by atoms with Crippen LogP contribution in [-0.2, 0) is 4.79 Å². The average Bonchev–Trinajstić information content (AvgIpc) is 3.47. The second kappa shape index (κ2) is 7.51. The van der Waals surface area contributed by atoms with E-state index in [0.29, 0.717) is 17.9 Å². The van der Waals surface area contributed by atoms with Crippen LogP contribution in [0.5, 0.6) is 0 Å². The lowest BCUT2D eigenvalue weighted by molar-refractivity contribution is -0.132. The molecular weight excluding hydrogens is 326 g/mol. The van der Waals surface area contributed by atoms with Crippen molar-refractivity contribution in [1.82, 2.24) is 19.8 Å². The molecule has 1 saturated carbocycles. The summed E-state index contributed by atoms with van der Waals surface area (Å²) < 4.78 is 0. The number of hydrogen-bond acceptors (Lipinski definition) is 5. The zero-order valence-corrected chi connectivity index (χ0v) is 16.2. The van der Waals surface area contributed by atoms with E-state index in [4.69, 9.17) is 0 Å². The summed E-state index contributed by atoms with van der Waals surface area (Å²) in [6, 6.07) is 2.66. The third-order valence-electron chi connectivity index (χ3n) is 6.00. The molecule has 6 nitrogen and oxygen atoms in total. The van der Waals surface area contributed by atoms with Crippen molar-refractivity contribution in [3.8, 4) is 0 Å². The van der Waals surface area contributed by atoms with Crippen LogP contribution in [0.1, 0.15) is 43.5 Å². The Balaban J connectivity index is 1.31. The van der Waals surface area contributed by atoms with Gasteiger partial charge in [0.05, 0.1) is 0 Å². The highest BCUT2D eigenvalue weighted by molar-refractivity contribution is 5.81. The number of nitrogens with zero attached hydrogens (tertiary/aromatic N) is 5. The molecule has 1 amide bonds. The first-order chi connectivity index (χ1) is 12.6. The van der Waals surface area contributed by atoms with E-state index >= 15 is 0 Å². The molecule has 1 aromatic rings. The van der Waals surface area contributed by atoms with E-state index in [1.54, 1.807) is 0 Å². The van der Waals surface area contributed by atoms with Crippen LogP contribution >= 0.6 is 0 Å². The summed E-state index contributed by atoms with van der Waals surface area (Å²) in [7, 11) is 0. The lowest BCUT2D eigenvalue weighted by atomic mass is 10.0. The first kappa shape index (κ1) is 17.7. The number of piperidine rings is 1. The van der Waals surface area contributed by atoms with Crippen molar-refractivity contribution in [1.29, 1.82) is 0 Å². The highest BCUT2D eigenvalue weighted by Gasteiger charge is 2.35. The average molecular weight is 358 g/mol. The number of amides is 1. The van der Waals surface area contributed by atoms with Gasteiger partial charge in [0.1, 0.15) is 0 Å². The molecule has 1 aromatic heterocycles. The molecule has 26 heavy (non-hydrogen) atoms. The Morgan fingerprint density at radius 2 is 1.62 bits per heavy atom. The Labute approximate surface area is 156 Å². The molecule has 0 spiro atoms. The van der Waals surface area contributed by atoms with Crippen LogP contribution in [0, 0.1) is 19.8 Å². The lowest BCUT2D eigenvalue weighted by Gasteiger charge is -2.38. The molecule has 3 heterocycles. The molecule has 3 fully saturated rings. The van der Waals surface area contributed by atoms with Gasteiger partial charge in [-0.15, -0.1) is 0 Å². The Morgan fingerprint density at radius 3 is 2.27 bits per heavy atom. The molecule has 6 heteroatoms. The Kier molecular flexibility index (Phi) is 5.11. The van der Waals surface area contributed by atoms with Crippen molar-refractivity contribution >= 4 is 11.9 Å². The van der Waals surface area contributed by atoms with Crippen LogP contribution in [0.3, 0.4) is 0 Å². The van der Waals surface area contributed by atoms with Gasteiger partial charge in [-0.25, -0.2) is 9.97 Å². The van der Waals surface area contributed by atoms with Crippen LogP contribution < -0.4 is 4.90 Å². The molecule has 0 aromatic carbocycles. The fourth-order valence-corrected chi connectivity index (χ4v) is 4.39. The van der Waals surface area contributed by atoms with E-state index in [2.05, 4.69) is 24.7 Å². The van der Waals surface area contributed by atoms with E-state index in [1.807, 2.05) is 19.9 Å². The normalized spacial score (nSPS) is 23.2. The topological polar surface area (TPSA) is 52.6 Å². The van der Waals surface area contributed by atoms with Gasteiger partial charge in [0.15, 0.2) is 0 Å². The Bertz CT molecular complexity index is 631. The first-order valence-corrected chi connectivity index (χ1v) is 10.2. The van der Waals surface area contributed by atoms with Crippen LogP contribution in [0.4, 0.5) is 5.95 Å². The number of aromatic nitrogens is 2. The number of carbonyl (C=O) groups excluding carboxylic acids is 1. The van der Waals surface area contributed by atoms with Gasteiger partial charge in [0.2, 0.25) is 11.9 Å². The molecule has 4 rings (SSSR count). The van der Waals surface area contributed by atoms with Crippen molar-refractivity contribution < 1.29 is 4.79 Å². The molecule has 1 aliphatic carbocycles. The third-order valence-corrected chi connectivity index (χ3v) is 6.00. The Morgan fingerprint density at radius 1 is 0.923 bits per heavy atom. The van der Waals surface area contributed by atoms with Crippen LogP contribution in [0.25, 0.3) is 0 Å². The molecule has 0 N–H and O–H groups in total. The van der Waals surface area contributed by atoms with E-state index in [9.17, 15) is 4.79 Å². The van der Waals surface area contributed by atoms with Crippen molar-refractivity contribution in [2.75, 3.05) is 44.2 Å². The van der Waals surface area contributed by atoms with Gasteiger partial charge >= 0.3 is 0 Å². The van der Waals surface area contributed by atoms with Gasteiger partial charge in [-0.3, -0.25) is 9.69 Å². The Hall–Kier alpha value is -1.69. The fourth-order valence-electron chi connectivity index (χ4n) is 4.39. The fraction of sp³-hybridized carbons (Fsp3) is 0.750. The second-order valence-electron chi connectivity index (χ2n) is 8.16. The minimum absolute atomic E-state index is 0.350. The molecule has 3 aliphatic rings. The largest absolute Gasteiger partial charge is 0.341 e. The van der Waals surface area contributed by atoms with Crippen molar-refractivity contribution in [3.63, 3.8) is 0 Å². The number of aryl methyl sites for hydroxylation is 2. The summed E-state index contributed by atoms with van der Waals surface area (Å²) in [4.78, 5) is 28.7. The molecule has 0 unspecified atom stereocenters. The van der Waals surface area contributed by atoms with Gasteiger partial charge in [-0.1, -0.05) is 0 Å². The van der Waals surface area contributed by atoms with Crippen LogP contribution in [0.2, 0.25) is 0 Å². The SMILES string of the molecule is Cc1cc(C)nc(N2CCC(N3CCCN(C(=O)C4CC4)CC3)CC2)n1. The standard InChI is InChI=1S/C20H31N5O/c1-15-14-16(2)22-20(21-15)25-10-6-18(7-11-25)23-8-3-9-24(13-12-23)19(26)17-4-5-17/h14,17-18H,3-13H2,1-2H3. The molecule has 0 bridgehead atoms. The first-order valence-electron chi connectivity index (χ1n) is 10.2. The van der Waals surface area contributed by atoms with Gasteiger partial charge < -0.3 is 9.80 Å². The summed E-state index contributed by atoms with van der Waals surface area (Å²) in [5.74, 6) is 1.65. The number of anilines is 1. The van der Waals surface area contributed by atoms with E-state index in [-0.39, 0.29) is 0 Å². The predicted octanol–water partition coefficient (Wildman–Crippen LogP) is 2.01. The van der Waals surface area contributed by atoms with Crippen molar-refractivity contribution in [2.24, 2.45) is 5.92 Å². The van der Waals surface area contributed by atoms with E-state index in [0.717, 1.165) is 88.7 Å². The van der Waals surface area contributed by atoms with E-state index < -0.39 is 0 Å². The number of hydrogen-bond donors (Lipinski definition) is 0. The highest BCUT2D eigenvalue weighted by Crippen LogP contribution is 2.31. The van der Waals surface area contributed by atoms with Gasteiger partial charge in [-0.2, -0.15) is 0 Å². The maximum Gasteiger partial charge on any atom is 0.225 e. The van der Waals surface area contributed by atoms with Gasteiger partial charge in [-0.05, 0) is 52.0 Å². The van der Waals surface area contributed by atoms with Crippen molar-refractivity contribution in [3.05, 3.63) is 17.5 Å². The van der Waals surface area contributed by atoms with Gasteiger partial charge in [0.25, 0.3) is 0 Å². The van der Waals surface area contributed by atoms with Gasteiger partial charge in [0, 0.05) is 62.6 Å². The maximum atomic E-state index is 12.3. The monoisotopic (exact) mass is 357 g/mol. The van der Waals surface area contributed by atoms with Crippen LogP contribution in [0.15, 0.2) is 6.07 Å². The molecule has 0 atom stereocenters. The summed E-state index contributed by atoms with van der Waals surface area (Å²) in [5.41, 5.74) is 2.09. The molecule has 0 radical (unpaired) electrons. The van der Waals surface area contributed by atoms with Crippen LogP contribution in [-0.4, -0.2) is 71.0 Å². The van der Waals surface area contributed by atoms with E-state index in [1.165, 1.54) is 0 Å². The number of carbonyl (C=O) groups is 1. The quantitative estimate of drug-likeness (QED) is 0.828. The molecule has 2 saturated heterocycles. The smallest absolute Gasteiger partial charge is 0.225 e. The third kappa shape index (κ3) is 4.00. The second-order valence-corrected chi connectivity index (χ2v) is 8.16. The highest BCUT2D eigenvalue weighted by atomic mass is 16.2. The molecule has 2 aliphatic heterocycles. The minimum Gasteiger partial charge on any atom is -0.341 e. The molecule has 142 valence electrons. The zero-order chi connectivity index (χ0) is 18.1. The van der Waals surface area contributed by atoms with Crippen molar-refractivity contribution in [2.45, 2.75) is 52.0 Å². The zero-order valence-electron chi connectivity index (χ0n) is 16.2.